The molecule has 0 rings (SSSR count). The first-order valence-corrected chi connectivity index (χ1v) is 10.9. The monoisotopic (exact) mass is 330 g/mol. The topological polar surface area (TPSA) is 157 Å². The van der Waals surface area contributed by atoms with Crippen LogP contribution in [0.1, 0.15) is 0 Å². The van der Waals surface area contributed by atoms with Gasteiger partial charge in [-0.2, -0.15) is 8.42 Å². The molecule has 0 bridgehead atoms. The Kier molecular flexibility index (Phi) is 4.39. The third-order valence-corrected chi connectivity index (χ3v) is 11.8. The van der Waals surface area contributed by atoms with Gasteiger partial charge in [0.1, 0.15) is 0 Å². The van der Waals surface area contributed by atoms with Gasteiger partial charge in [-0.3, -0.25) is 4.55 Å². The summed E-state index contributed by atoms with van der Waals surface area (Å²) in [5.41, 5.74) is 0. The van der Waals surface area contributed by atoms with Crippen molar-refractivity contribution >= 4 is 39.6 Å². The average Bonchev–Trinajstić information content (AvgIpc) is 1.66. The quantitative estimate of drug-likeness (QED) is 0.543. The molecule has 0 spiro atoms. The first kappa shape index (κ1) is 16.8. The molecule has 0 aromatic rings. The Hall–Kier alpha value is -0.240. The molecule has 0 saturated heterocycles. The molecule has 0 heterocycles. The maximum Gasteiger partial charge on any atom is 0.279 e. The van der Waals surface area contributed by atoms with Crippen LogP contribution in [0.3, 0.4) is 0 Å². The van der Waals surface area contributed by atoms with E-state index in [4.69, 9.17) is 4.55 Å². The number of hydrogen-bond acceptors (Lipinski definition) is 8. The Morgan fingerprint density at radius 1 is 0.824 bits per heavy atom. The van der Waals surface area contributed by atoms with Crippen LogP contribution in [-0.2, 0) is 39.6 Å². The van der Waals surface area contributed by atoms with Gasteiger partial charge in [0.05, 0.1) is 0 Å². The highest BCUT2D eigenvalue weighted by Gasteiger charge is 2.45. The number of rotatable bonds is 5. The Bertz CT molecular complexity index is 657. The van der Waals surface area contributed by atoms with E-state index in [1.54, 1.807) is 0 Å². The average molecular weight is 330 g/mol. The van der Waals surface area contributed by atoms with Crippen molar-refractivity contribution in [1.29, 1.82) is 0 Å². The lowest BCUT2D eigenvalue weighted by Crippen LogP contribution is -2.39. The van der Waals surface area contributed by atoms with E-state index < -0.39 is 48.6 Å². The van der Waals surface area contributed by atoms with Crippen LogP contribution in [0.25, 0.3) is 0 Å². The summed E-state index contributed by atoms with van der Waals surface area (Å²) >= 11 is 0. The van der Waals surface area contributed by atoms with E-state index in [0.29, 0.717) is 12.5 Å². The highest BCUT2D eigenvalue weighted by molar-refractivity contribution is 8.26. The lowest BCUT2D eigenvalue weighted by atomic mass is 11.8. The van der Waals surface area contributed by atoms with Crippen LogP contribution in [0.4, 0.5) is 0 Å². The molecule has 0 aliphatic heterocycles. The van der Waals surface area contributed by atoms with E-state index in [0.717, 1.165) is 0 Å². The van der Waals surface area contributed by atoms with E-state index in [2.05, 4.69) is 0 Å². The second-order valence-electron chi connectivity index (χ2n) is 3.31. The third kappa shape index (κ3) is 5.29. The maximum atomic E-state index is 11.3. The minimum Gasteiger partial charge on any atom is -0.285 e. The molecule has 9 nitrogen and oxygen atoms in total. The largest absolute Gasteiger partial charge is 0.285 e. The van der Waals surface area contributed by atoms with Gasteiger partial charge < -0.3 is 0 Å². The Balaban J connectivity index is 6.05. The summed E-state index contributed by atoms with van der Waals surface area (Å²) < 4.78 is 93.2. The van der Waals surface area contributed by atoms with E-state index >= 15 is 0 Å². The van der Waals surface area contributed by atoms with Gasteiger partial charge in [-0.25, -0.2) is 25.3 Å². The van der Waals surface area contributed by atoms with Crippen molar-refractivity contribution in [2.45, 2.75) is 3.91 Å². The Morgan fingerprint density at radius 2 is 1.12 bits per heavy atom. The molecule has 0 radical (unpaired) electrons. The van der Waals surface area contributed by atoms with E-state index in [9.17, 15) is 33.7 Å². The van der Waals surface area contributed by atoms with Crippen molar-refractivity contribution in [2.24, 2.45) is 0 Å². The fourth-order valence-electron chi connectivity index (χ4n) is 1.11. The zero-order valence-electron chi connectivity index (χ0n) is 8.63. The molecule has 0 aromatic heterocycles. The van der Waals surface area contributed by atoms with Crippen molar-refractivity contribution in [1.82, 2.24) is 0 Å². The van der Waals surface area contributed by atoms with E-state index in [1.807, 2.05) is 0 Å². The van der Waals surface area contributed by atoms with Crippen LogP contribution in [0.15, 0.2) is 0 Å². The zero-order chi connectivity index (χ0) is 14.3. The number of sulfone groups is 3. The van der Waals surface area contributed by atoms with Crippen molar-refractivity contribution in [3.63, 3.8) is 0 Å². The van der Waals surface area contributed by atoms with E-state index in [1.165, 1.54) is 0 Å². The molecule has 13 heteroatoms. The molecule has 0 saturated carbocycles. The molecule has 0 aliphatic carbocycles. The molecule has 0 aromatic carbocycles. The maximum absolute atomic E-state index is 11.3. The van der Waals surface area contributed by atoms with Crippen molar-refractivity contribution < 1.29 is 38.2 Å². The van der Waals surface area contributed by atoms with Crippen LogP contribution < -0.4 is 0 Å². The SMILES string of the molecule is CS(=O)(=O)C(S(C)(=O)=O)S(=O)(=O)CS(=O)(=O)O. The summed E-state index contributed by atoms with van der Waals surface area (Å²) in [6, 6.07) is 0. The molecule has 0 amide bonds. The minimum atomic E-state index is -5.11. The fraction of sp³-hybridized carbons (Fsp3) is 1.00. The van der Waals surface area contributed by atoms with Gasteiger partial charge in [-0.15, -0.1) is 0 Å². The van der Waals surface area contributed by atoms with Crippen molar-refractivity contribution in [3.05, 3.63) is 0 Å². The second-order valence-corrected chi connectivity index (χ2v) is 12.4. The summed E-state index contributed by atoms with van der Waals surface area (Å²) in [7, 11) is -19.4. The van der Waals surface area contributed by atoms with Gasteiger partial charge in [0.15, 0.2) is 34.6 Å². The lowest BCUT2D eigenvalue weighted by Gasteiger charge is -2.12. The van der Waals surface area contributed by atoms with Gasteiger partial charge in [0, 0.05) is 12.5 Å². The summed E-state index contributed by atoms with van der Waals surface area (Å²) in [5.74, 6) is 0. The first-order chi connectivity index (χ1) is 7.07. The van der Waals surface area contributed by atoms with Crippen LogP contribution in [0.2, 0.25) is 0 Å². The van der Waals surface area contributed by atoms with Crippen LogP contribution in [0, 0.1) is 0 Å². The molecule has 0 unspecified atom stereocenters. The minimum absolute atomic E-state index is 0.334. The molecular formula is C4H10O9S4. The second kappa shape index (κ2) is 4.46. The van der Waals surface area contributed by atoms with Gasteiger partial charge in [0.2, 0.25) is 0 Å². The molecule has 17 heavy (non-hydrogen) atoms. The van der Waals surface area contributed by atoms with Gasteiger partial charge >= 0.3 is 0 Å². The van der Waals surface area contributed by atoms with Crippen molar-refractivity contribution in [3.8, 4) is 0 Å². The first-order valence-electron chi connectivity index (χ1n) is 3.62. The number of hydrogen-bond donors (Lipinski definition) is 1. The van der Waals surface area contributed by atoms with Crippen LogP contribution in [0.5, 0.6) is 0 Å². The molecule has 104 valence electrons. The smallest absolute Gasteiger partial charge is 0.279 e. The summed E-state index contributed by atoms with van der Waals surface area (Å²) in [6.45, 7) is 0. The predicted octanol–water partition coefficient (Wildman–Crippen LogP) is -2.38. The Morgan fingerprint density at radius 3 is 1.29 bits per heavy atom. The normalized spacial score (nSPS) is 15.1. The summed E-state index contributed by atoms with van der Waals surface area (Å²) in [5, 5.41) is -1.98. The molecule has 0 aliphatic rings. The summed E-state index contributed by atoms with van der Waals surface area (Å²) in [4.78, 5) is 0. The highest BCUT2D eigenvalue weighted by Crippen LogP contribution is 2.17. The fourth-order valence-corrected chi connectivity index (χ4v) is 11.0. The predicted molar refractivity (Wildman–Crippen MR) is 58.8 cm³/mol. The lowest BCUT2D eigenvalue weighted by molar-refractivity contribution is 0.487. The zero-order valence-corrected chi connectivity index (χ0v) is 11.9. The van der Waals surface area contributed by atoms with E-state index in [-0.39, 0.29) is 0 Å². The van der Waals surface area contributed by atoms with Gasteiger partial charge in [0.25, 0.3) is 14.0 Å². The van der Waals surface area contributed by atoms with Gasteiger partial charge in [-0.05, 0) is 0 Å². The summed E-state index contributed by atoms with van der Waals surface area (Å²) in [6.07, 6.45) is 0.667. The molecule has 0 fully saturated rings. The molecule has 0 atom stereocenters. The van der Waals surface area contributed by atoms with Crippen LogP contribution in [-0.4, -0.2) is 59.7 Å². The highest BCUT2D eigenvalue weighted by atomic mass is 32.3. The van der Waals surface area contributed by atoms with Gasteiger partial charge in [-0.1, -0.05) is 0 Å². The Labute approximate surface area is 99.3 Å². The molecule has 1 N–H and O–H groups in total. The third-order valence-electron chi connectivity index (χ3n) is 1.31. The van der Waals surface area contributed by atoms with Crippen molar-refractivity contribution in [2.75, 3.05) is 17.6 Å². The van der Waals surface area contributed by atoms with Crippen LogP contribution >= 0.6 is 0 Å². The standard InChI is InChI=1S/C4H10O9S4/c1-14(5,6)4(15(2,7)8)16(9,10)3-17(11,12)13/h4H,3H2,1-2H3,(H,11,12,13). The molecular weight excluding hydrogens is 320 g/mol.